The first-order chi connectivity index (χ1) is 9.72. The van der Waals surface area contributed by atoms with Crippen LogP contribution in [0, 0.1) is 11.6 Å². The highest BCUT2D eigenvalue weighted by Crippen LogP contribution is 2.33. The van der Waals surface area contributed by atoms with Gasteiger partial charge >= 0.3 is 0 Å². The van der Waals surface area contributed by atoms with E-state index in [-0.39, 0.29) is 17.7 Å². The number of likely N-dealkylation sites (tertiary alicyclic amines) is 1. The highest BCUT2D eigenvalue weighted by Gasteiger charge is 2.26. The van der Waals surface area contributed by atoms with E-state index in [1.165, 1.54) is 12.1 Å². The van der Waals surface area contributed by atoms with E-state index in [1.807, 2.05) is 12.1 Å². The molecule has 1 fully saturated rings. The van der Waals surface area contributed by atoms with Crippen LogP contribution < -0.4 is 0 Å². The van der Waals surface area contributed by atoms with Gasteiger partial charge in [-0.1, -0.05) is 24.3 Å². The van der Waals surface area contributed by atoms with Crippen molar-refractivity contribution in [3.8, 4) is 0 Å². The van der Waals surface area contributed by atoms with Gasteiger partial charge in [-0.3, -0.25) is 4.90 Å². The van der Waals surface area contributed by atoms with Gasteiger partial charge in [0.15, 0.2) is 0 Å². The summed E-state index contributed by atoms with van der Waals surface area (Å²) in [4.78, 5) is 2.30. The molecule has 0 N–H and O–H groups in total. The zero-order chi connectivity index (χ0) is 13.9. The molecule has 0 aliphatic carbocycles. The van der Waals surface area contributed by atoms with Crippen molar-refractivity contribution in [2.45, 2.75) is 25.4 Å². The maximum atomic E-state index is 13.4. The van der Waals surface area contributed by atoms with Crippen LogP contribution in [0.3, 0.4) is 0 Å². The number of benzene rings is 2. The summed E-state index contributed by atoms with van der Waals surface area (Å²) in [7, 11) is 0. The van der Waals surface area contributed by atoms with Crippen molar-refractivity contribution in [1.29, 1.82) is 0 Å². The molecule has 1 nitrogen and oxygen atoms in total. The molecule has 104 valence electrons. The van der Waals surface area contributed by atoms with E-state index in [2.05, 4.69) is 4.90 Å². The van der Waals surface area contributed by atoms with Crippen LogP contribution in [0.4, 0.5) is 8.78 Å². The Morgan fingerprint density at radius 2 is 1.75 bits per heavy atom. The Morgan fingerprint density at radius 3 is 2.50 bits per heavy atom. The summed E-state index contributed by atoms with van der Waals surface area (Å²) in [6.45, 7) is 1.68. The SMILES string of the molecule is Fc1cccc(CN2CCCC2c2cccc(F)c2)c1. The van der Waals surface area contributed by atoms with E-state index in [9.17, 15) is 8.78 Å². The van der Waals surface area contributed by atoms with Crippen LogP contribution >= 0.6 is 0 Å². The molecule has 20 heavy (non-hydrogen) atoms. The first-order valence-corrected chi connectivity index (χ1v) is 6.96. The van der Waals surface area contributed by atoms with E-state index in [1.54, 1.807) is 24.3 Å². The fraction of sp³-hybridized carbons (Fsp3) is 0.294. The van der Waals surface area contributed by atoms with Crippen molar-refractivity contribution < 1.29 is 8.78 Å². The number of rotatable bonds is 3. The lowest BCUT2D eigenvalue weighted by Crippen LogP contribution is -2.22. The summed E-state index contributed by atoms with van der Waals surface area (Å²) >= 11 is 0. The summed E-state index contributed by atoms with van der Waals surface area (Å²) in [5, 5.41) is 0. The zero-order valence-electron chi connectivity index (χ0n) is 11.2. The summed E-state index contributed by atoms with van der Waals surface area (Å²) in [5.41, 5.74) is 1.98. The molecule has 0 aromatic heterocycles. The van der Waals surface area contributed by atoms with Gasteiger partial charge in [0.25, 0.3) is 0 Å². The van der Waals surface area contributed by atoms with Crippen molar-refractivity contribution in [1.82, 2.24) is 4.90 Å². The summed E-state index contributed by atoms with van der Waals surface area (Å²) < 4.78 is 26.6. The second-order valence-corrected chi connectivity index (χ2v) is 5.31. The average molecular weight is 273 g/mol. The predicted molar refractivity (Wildman–Crippen MR) is 75.2 cm³/mol. The normalized spacial score (nSPS) is 19.4. The first kappa shape index (κ1) is 13.3. The number of hydrogen-bond donors (Lipinski definition) is 0. The van der Waals surface area contributed by atoms with Crippen LogP contribution in [0.2, 0.25) is 0 Å². The van der Waals surface area contributed by atoms with Crippen LogP contribution in [0.25, 0.3) is 0 Å². The maximum absolute atomic E-state index is 13.4. The lowest BCUT2D eigenvalue weighted by molar-refractivity contribution is 0.248. The van der Waals surface area contributed by atoms with Gasteiger partial charge in [-0.05, 0) is 54.8 Å². The van der Waals surface area contributed by atoms with E-state index in [0.29, 0.717) is 6.54 Å². The van der Waals surface area contributed by atoms with Crippen molar-refractivity contribution in [2.75, 3.05) is 6.54 Å². The number of halogens is 2. The van der Waals surface area contributed by atoms with E-state index in [0.717, 1.165) is 30.5 Å². The van der Waals surface area contributed by atoms with E-state index < -0.39 is 0 Å². The molecule has 0 spiro atoms. The fourth-order valence-corrected chi connectivity index (χ4v) is 2.98. The molecule has 3 rings (SSSR count). The molecule has 1 aliphatic heterocycles. The van der Waals surface area contributed by atoms with Gasteiger partial charge in [-0.25, -0.2) is 8.78 Å². The van der Waals surface area contributed by atoms with Crippen LogP contribution in [-0.2, 0) is 6.54 Å². The van der Waals surface area contributed by atoms with Gasteiger partial charge in [0.05, 0.1) is 0 Å². The molecule has 2 aromatic carbocycles. The second kappa shape index (κ2) is 5.71. The molecule has 2 aromatic rings. The third kappa shape index (κ3) is 2.88. The molecule has 3 heteroatoms. The van der Waals surface area contributed by atoms with Gasteiger partial charge in [-0.2, -0.15) is 0 Å². The van der Waals surface area contributed by atoms with Crippen LogP contribution in [0.5, 0.6) is 0 Å². The Hall–Kier alpha value is -1.74. The Morgan fingerprint density at radius 1 is 1.00 bits per heavy atom. The number of nitrogens with zero attached hydrogens (tertiary/aromatic N) is 1. The summed E-state index contributed by atoms with van der Waals surface area (Å²) in [6, 6.07) is 13.7. The lowest BCUT2D eigenvalue weighted by atomic mass is 10.0. The van der Waals surface area contributed by atoms with E-state index in [4.69, 9.17) is 0 Å². The van der Waals surface area contributed by atoms with Gasteiger partial charge in [0, 0.05) is 12.6 Å². The smallest absolute Gasteiger partial charge is 0.123 e. The molecule has 1 saturated heterocycles. The Balaban J connectivity index is 1.79. The van der Waals surface area contributed by atoms with Crippen molar-refractivity contribution >= 4 is 0 Å². The number of hydrogen-bond acceptors (Lipinski definition) is 1. The highest BCUT2D eigenvalue weighted by atomic mass is 19.1. The van der Waals surface area contributed by atoms with Gasteiger partial charge in [0.1, 0.15) is 11.6 Å². The van der Waals surface area contributed by atoms with Gasteiger partial charge < -0.3 is 0 Å². The second-order valence-electron chi connectivity index (χ2n) is 5.31. The van der Waals surface area contributed by atoms with Gasteiger partial charge in [-0.15, -0.1) is 0 Å². The topological polar surface area (TPSA) is 3.24 Å². The largest absolute Gasteiger partial charge is 0.292 e. The zero-order valence-corrected chi connectivity index (χ0v) is 11.2. The Labute approximate surface area is 117 Å². The molecule has 0 saturated carbocycles. The fourth-order valence-electron chi connectivity index (χ4n) is 2.98. The monoisotopic (exact) mass is 273 g/mol. The third-order valence-corrected chi connectivity index (χ3v) is 3.87. The Bertz CT molecular complexity index is 597. The predicted octanol–water partition coefficient (Wildman–Crippen LogP) is 4.30. The minimum Gasteiger partial charge on any atom is -0.292 e. The minimum absolute atomic E-state index is 0.194. The van der Waals surface area contributed by atoms with Crippen molar-refractivity contribution in [3.63, 3.8) is 0 Å². The van der Waals surface area contributed by atoms with Gasteiger partial charge in [0.2, 0.25) is 0 Å². The minimum atomic E-state index is -0.205. The Kier molecular flexibility index (Phi) is 3.79. The average Bonchev–Trinajstić information content (AvgIpc) is 2.87. The molecular formula is C17H17F2N. The molecule has 1 unspecified atom stereocenters. The lowest BCUT2D eigenvalue weighted by Gasteiger charge is -2.25. The van der Waals surface area contributed by atoms with Crippen LogP contribution in [0.1, 0.15) is 30.0 Å². The van der Waals surface area contributed by atoms with E-state index >= 15 is 0 Å². The molecule has 1 aliphatic rings. The molecule has 0 amide bonds. The molecule has 0 radical (unpaired) electrons. The summed E-state index contributed by atoms with van der Waals surface area (Å²) in [5.74, 6) is -0.399. The first-order valence-electron chi connectivity index (χ1n) is 6.96. The van der Waals surface area contributed by atoms with Crippen molar-refractivity contribution in [2.24, 2.45) is 0 Å². The van der Waals surface area contributed by atoms with Crippen LogP contribution in [0.15, 0.2) is 48.5 Å². The molecule has 0 bridgehead atoms. The quantitative estimate of drug-likeness (QED) is 0.805. The standard InChI is InChI=1S/C17H17F2N/c18-15-6-1-4-13(10-15)12-20-9-3-8-17(20)14-5-2-7-16(19)11-14/h1-2,4-7,10-11,17H,3,8-9,12H2. The molecule has 1 heterocycles. The van der Waals surface area contributed by atoms with Crippen LogP contribution in [-0.4, -0.2) is 11.4 Å². The molecular weight excluding hydrogens is 256 g/mol. The third-order valence-electron chi connectivity index (χ3n) is 3.87. The molecule has 1 atom stereocenters. The van der Waals surface area contributed by atoms with Crippen molar-refractivity contribution in [3.05, 3.63) is 71.3 Å². The highest BCUT2D eigenvalue weighted by molar-refractivity contribution is 5.22. The maximum Gasteiger partial charge on any atom is 0.123 e. The summed E-state index contributed by atoms with van der Waals surface area (Å²) in [6.07, 6.45) is 2.12.